The van der Waals surface area contributed by atoms with E-state index >= 15 is 0 Å². The second-order valence-electron chi connectivity index (χ2n) is 6.60. The third kappa shape index (κ3) is 4.19. The molecule has 1 aliphatic rings. The molecule has 0 bridgehead atoms. The summed E-state index contributed by atoms with van der Waals surface area (Å²) in [5.74, 6) is -1.62. The number of anilines is 1. The third-order valence-electron chi connectivity index (χ3n) is 4.78. The van der Waals surface area contributed by atoms with Crippen molar-refractivity contribution < 1.29 is 23.1 Å². The average molecular weight is 387 g/mol. The van der Waals surface area contributed by atoms with Crippen LogP contribution in [0.3, 0.4) is 0 Å². The van der Waals surface area contributed by atoms with Crippen LogP contribution in [0.5, 0.6) is 0 Å². The number of carbonyl (C=O) groups excluding carboxylic acids is 1. The van der Waals surface area contributed by atoms with Gasteiger partial charge >= 0.3 is 5.97 Å². The van der Waals surface area contributed by atoms with Crippen molar-refractivity contribution in [3.8, 4) is 0 Å². The van der Waals surface area contributed by atoms with Crippen molar-refractivity contribution in [2.24, 2.45) is 0 Å². The first-order valence-electron chi connectivity index (χ1n) is 8.82. The van der Waals surface area contributed by atoms with Crippen LogP contribution in [-0.2, 0) is 14.6 Å². The number of sulfone groups is 1. The standard InChI is InChI=1S/C20H21NO5S/c22-19(23)14-21(16-6-2-1-3-7-16)20(24)15-10-12-18(13-11-15)27(25,26)17-8-4-5-9-17/h1-3,6-7,10-13,17H,4-5,8-9,14H2,(H,22,23). The second-order valence-corrected chi connectivity index (χ2v) is 8.82. The molecule has 3 rings (SSSR count). The fourth-order valence-corrected chi connectivity index (χ4v) is 5.21. The Hall–Kier alpha value is -2.67. The van der Waals surface area contributed by atoms with Gasteiger partial charge in [-0.05, 0) is 49.2 Å². The molecule has 0 spiro atoms. The van der Waals surface area contributed by atoms with Crippen molar-refractivity contribution in [1.82, 2.24) is 0 Å². The molecule has 0 saturated heterocycles. The van der Waals surface area contributed by atoms with E-state index in [9.17, 15) is 18.0 Å². The van der Waals surface area contributed by atoms with E-state index in [2.05, 4.69) is 0 Å². The summed E-state index contributed by atoms with van der Waals surface area (Å²) >= 11 is 0. The van der Waals surface area contributed by atoms with E-state index in [0.717, 1.165) is 17.7 Å². The molecule has 0 unspecified atom stereocenters. The number of para-hydroxylation sites is 1. The fourth-order valence-electron chi connectivity index (χ4n) is 3.36. The van der Waals surface area contributed by atoms with Crippen molar-refractivity contribution in [3.63, 3.8) is 0 Å². The minimum Gasteiger partial charge on any atom is -0.480 e. The Balaban J connectivity index is 1.86. The molecule has 1 amide bonds. The van der Waals surface area contributed by atoms with Crippen LogP contribution in [0.4, 0.5) is 5.69 Å². The van der Waals surface area contributed by atoms with Gasteiger partial charge in [0.15, 0.2) is 9.84 Å². The molecular weight excluding hydrogens is 366 g/mol. The average Bonchev–Trinajstić information content (AvgIpc) is 3.22. The lowest BCUT2D eigenvalue weighted by molar-refractivity contribution is -0.135. The van der Waals surface area contributed by atoms with E-state index in [1.165, 1.54) is 24.3 Å². The lowest BCUT2D eigenvalue weighted by Crippen LogP contribution is -2.35. The monoisotopic (exact) mass is 387 g/mol. The summed E-state index contributed by atoms with van der Waals surface area (Å²) in [6.45, 7) is -0.481. The molecule has 6 nitrogen and oxygen atoms in total. The van der Waals surface area contributed by atoms with E-state index in [4.69, 9.17) is 5.11 Å². The number of benzene rings is 2. The first-order chi connectivity index (χ1) is 12.9. The zero-order valence-corrected chi connectivity index (χ0v) is 15.6. The molecule has 2 aromatic rings. The van der Waals surface area contributed by atoms with E-state index in [1.54, 1.807) is 30.3 Å². The maximum Gasteiger partial charge on any atom is 0.323 e. The highest BCUT2D eigenvalue weighted by atomic mass is 32.2. The first kappa shape index (κ1) is 19.1. The van der Waals surface area contributed by atoms with E-state index < -0.39 is 28.3 Å². The maximum atomic E-state index is 12.8. The normalized spacial score (nSPS) is 14.8. The van der Waals surface area contributed by atoms with Crippen LogP contribution in [0.1, 0.15) is 36.0 Å². The highest BCUT2D eigenvalue weighted by Crippen LogP contribution is 2.29. The van der Waals surface area contributed by atoms with Gasteiger partial charge in [0.1, 0.15) is 6.54 Å². The summed E-state index contributed by atoms with van der Waals surface area (Å²) in [5, 5.41) is 8.79. The van der Waals surface area contributed by atoms with Crippen LogP contribution >= 0.6 is 0 Å². The van der Waals surface area contributed by atoms with Gasteiger partial charge in [-0.3, -0.25) is 14.5 Å². The molecule has 0 aliphatic heterocycles. The van der Waals surface area contributed by atoms with Crippen LogP contribution in [0, 0.1) is 0 Å². The summed E-state index contributed by atoms with van der Waals surface area (Å²) in [4.78, 5) is 25.3. The Labute approximate surface area is 158 Å². The second kappa shape index (κ2) is 7.92. The predicted molar refractivity (Wildman–Crippen MR) is 102 cm³/mol. The highest BCUT2D eigenvalue weighted by molar-refractivity contribution is 7.92. The van der Waals surface area contributed by atoms with E-state index in [-0.39, 0.29) is 15.7 Å². The molecule has 1 saturated carbocycles. The van der Waals surface area contributed by atoms with Crippen LogP contribution in [0.25, 0.3) is 0 Å². The minimum atomic E-state index is -3.39. The summed E-state index contributed by atoms with van der Waals surface area (Å²) in [7, 11) is -3.39. The number of amides is 1. The van der Waals surface area contributed by atoms with Gasteiger partial charge in [0, 0.05) is 11.3 Å². The third-order valence-corrected chi connectivity index (χ3v) is 7.06. The molecular formula is C20H21NO5S. The largest absolute Gasteiger partial charge is 0.480 e. The van der Waals surface area contributed by atoms with E-state index in [1.807, 2.05) is 0 Å². The summed E-state index contributed by atoms with van der Waals surface area (Å²) in [6, 6.07) is 14.3. The van der Waals surface area contributed by atoms with Crippen LogP contribution in [0.15, 0.2) is 59.5 Å². The lowest BCUT2D eigenvalue weighted by Gasteiger charge is -2.21. The van der Waals surface area contributed by atoms with Gasteiger partial charge in [0.2, 0.25) is 0 Å². The van der Waals surface area contributed by atoms with Crippen molar-refractivity contribution in [3.05, 3.63) is 60.2 Å². The predicted octanol–water partition coefficient (Wildman–Crippen LogP) is 3.13. The van der Waals surface area contributed by atoms with Gasteiger partial charge in [-0.25, -0.2) is 8.42 Å². The van der Waals surface area contributed by atoms with Crippen molar-refractivity contribution in [2.75, 3.05) is 11.4 Å². The van der Waals surface area contributed by atoms with Crippen LogP contribution in [0.2, 0.25) is 0 Å². The molecule has 0 aromatic heterocycles. The minimum absolute atomic E-state index is 0.204. The van der Waals surface area contributed by atoms with E-state index in [0.29, 0.717) is 18.5 Å². The Bertz CT molecular complexity index is 917. The highest BCUT2D eigenvalue weighted by Gasteiger charge is 2.30. The number of rotatable bonds is 6. The SMILES string of the molecule is O=C(O)CN(C(=O)c1ccc(S(=O)(=O)C2CCCC2)cc1)c1ccccc1. The summed E-state index contributed by atoms with van der Waals surface area (Å²) < 4.78 is 25.3. The van der Waals surface area contributed by atoms with Crippen LogP contribution < -0.4 is 4.90 Å². The van der Waals surface area contributed by atoms with Gasteiger partial charge in [-0.15, -0.1) is 0 Å². The maximum absolute atomic E-state index is 12.8. The number of hydrogen-bond acceptors (Lipinski definition) is 4. The van der Waals surface area contributed by atoms with Gasteiger partial charge in [0.05, 0.1) is 10.1 Å². The molecule has 7 heteroatoms. The van der Waals surface area contributed by atoms with Gasteiger partial charge in [-0.2, -0.15) is 0 Å². The van der Waals surface area contributed by atoms with Crippen LogP contribution in [-0.4, -0.2) is 37.2 Å². The molecule has 0 atom stereocenters. The smallest absolute Gasteiger partial charge is 0.323 e. The lowest BCUT2D eigenvalue weighted by atomic mass is 10.2. The van der Waals surface area contributed by atoms with Crippen molar-refractivity contribution in [1.29, 1.82) is 0 Å². The molecule has 0 heterocycles. The van der Waals surface area contributed by atoms with Crippen molar-refractivity contribution >= 4 is 27.4 Å². The molecule has 2 aromatic carbocycles. The number of aliphatic carboxylic acids is 1. The van der Waals surface area contributed by atoms with Crippen molar-refractivity contribution in [2.45, 2.75) is 35.8 Å². The molecule has 1 aliphatic carbocycles. The molecule has 1 fully saturated rings. The quantitative estimate of drug-likeness (QED) is 0.822. The van der Waals surface area contributed by atoms with Gasteiger partial charge in [-0.1, -0.05) is 31.0 Å². The first-order valence-corrected chi connectivity index (χ1v) is 10.4. The zero-order chi connectivity index (χ0) is 19.4. The molecule has 142 valence electrons. The molecule has 1 N–H and O–H groups in total. The fraction of sp³-hybridized carbons (Fsp3) is 0.300. The topological polar surface area (TPSA) is 91.8 Å². The molecule has 27 heavy (non-hydrogen) atoms. The number of carboxylic acid groups (broad SMARTS) is 1. The van der Waals surface area contributed by atoms with Gasteiger partial charge < -0.3 is 5.11 Å². The zero-order valence-electron chi connectivity index (χ0n) is 14.7. The number of carboxylic acids is 1. The number of hydrogen-bond donors (Lipinski definition) is 1. The summed E-state index contributed by atoms with van der Waals surface area (Å²) in [5.41, 5.74) is 0.707. The number of carbonyl (C=O) groups is 2. The Morgan fingerprint density at radius 3 is 2.11 bits per heavy atom. The number of nitrogens with zero attached hydrogens (tertiary/aromatic N) is 1. The Morgan fingerprint density at radius 1 is 0.963 bits per heavy atom. The Morgan fingerprint density at radius 2 is 1.56 bits per heavy atom. The molecule has 0 radical (unpaired) electrons. The summed E-state index contributed by atoms with van der Waals surface area (Å²) in [6.07, 6.45) is 3.18. The Kier molecular flexibility index (Phi) is 5.60. The van der Waals surface area contributed by atoms with Gasteiger partial charge in [0.25, 0.3) is 5.91 Å².